The van der Waals surface area contributed by atoms with Gasteiger partial charge in [0.05, 0.1) is 6.17 Å². The number of hydrazine groups is 3. The molecule has 14 heavy (non-hydrogen) atoms. The molecule has 6 heteroatoms. The largest absolute Gasteiger partial charge is 0.350 e. The molecule has 82 valence electrons. The Morgan fingerprint density at radius 3 is 2.79 bits per heavy atom. The first-order valence-corrected chi connectivity index (χ1v) is 4.97. The zero-order valence-electron chi connectivity index (χ0n) is 8.86. The van der Waals surface area contributed by atoms with Crippen LogP contribution in [0.4, 0.5) is 0 Å². The van der Waals surface area contributed by atoms with E-state index < -0.39 is 0 Å². The summed E-state index contributed by atoms with van der Waals surface area (Å²) in [5.74, 6) is 0. The van der Waals surface area contributed by atoms with Gasteiger partial charge in [-0.2, -0.15) is 10.7 Å². The van der Waals surface area contributed by atoms with E-state index in [1.807, 2.05) is 26.1 Å². The standard InChI is InChI=1S/C8H18N4O2/c1-4-13-8-6(14-8)5-7-9-10-12(3)11(7)2/h6-10H,4-5H2,1-3H3/t6?,7?,8-/m1/s1. The Labute approximate surface area is 84.0 Å². The first kappa shape index (κ1) is 10.3. The smallest absolute Gasteiger partial charge is 0.184 e. The van der Waals surface area contributed by atoms with E-state index in [9.17, 15) is 0 Å². The van der Waals surface area contributed by atoms with Crippen LogP contribution in [0.3, 0.4) is 0 Å². The molecule has 2 rings (SSSR count). The van der Waals surface area contributed by atoms with Crippen molar-refractivity contribution in [2.75, 3.05) is 20.7 Å². The molecule has 0 amide bonds. The second-order valence-electron chi connectivity index (χ2n) is 3.60. The van der Waals surface area contributed by atoms with Gasteiger partial charge < -0.3 is 9.47 Å². The predicted octanol–water partition coefficient (Wildman–Crippen LogP) is -0.735. The molecule has 0 saturated carbocycles. The van der Waals surface area contributed by atoms with E-state index in [-0.39, 0.29) is 18.6 Å². The van der Waals surface area contributed by atoms with Gasteiger partial charge in [-0.15, -0.1) is 0 Å². The van der Waals surface area contributed by atoms with Gasteiger partial charge in [0.15, 0.2) is 6.29 Å². The fourth-order valence-corrected chi connectivity index (χ4v) is 1.59. The molecule has 2 fully saturated rings. The van der Waals surface area contributed by atoms with Crippen LogP contribution < -0.4 is 11.0 Å². The van der Waals surface area contributed by atoms with E-state index in [0.29, 0.717) is 6.61 Å². The van der Waals surface area contributed by atoms with Crippen molar-refractivity contribution in [2.24, 2.45) is 0 Å². The van der Waals surface area contributed by atoms with Crippen LogP contribution in [0.1, 0.15) is 13.3 Å². The zero-order valence-corrected chi connectivity index (χ0v) is 8.86. The quantitative estimate of drug-likeness (QED) is 0.586. The Bertz CT molecular complexity index is 204. The fourth-order valence-electron chi connectivity index (χ4n) is 1.59. The molecular formula is C8H18N4O2. The summed E-state index contributed by atoms with van der Waals surface area (Å²) in [5, 5.41) is 3.99. The molecular weight excluding hydrogens is 184 g/mol. The lowest BCUT2D eigenvalue weighted by Crippen LogP contribution is -2.38. The normalized spacial score (nSPS) is 39.2. The van der Waals surface area contributed by atoms with Crippen LogP contribution >= 0.6 is 0 Å². The highest BCUT2D eigenvalue weighted by Crippen LogP contribution is 2.28. The summed E-state index contributed by atoms with van der Waals surface area (Å²) in [5.41, 5.74) is 6.17. The van der Waals surface area contributed by atoms with E-state index in [0.717, 1.165) is 6.42 Å². The molecule has 0 aromatic heterocycles. The van der Waals surface area contributed by atoms with Crippen molar-refractivity contribution in [1.82, 2.24) is 21.1 Å². The van der Waals surface area contributed by atoms with Gasteiger partial charge in [0.2, 0.25) is 0 Å². The van der Waals surface area contributed by atoms with Crippen molar-refractivity contribution in [3.8, 4) is 0 Å². The molecule has 2 N–H and O–H groups in total. The molecule has 6 nitrogen and oxygen atoms in total. The monoisotopic (exact) mass is 202 g/mol. The van der Waals surface area contributed by atoms with Crippen molar-refractivity contribution in [3.05, 3.63) is 0 Å². The van der Waals surface area contributed by atoms with Gasteiger partial charge in [-0.25, -0.2) is 10.4 Å². The SMILES string of the molecule is CCO[C@@H]1OC1CC1NNN(C)N1C. The van der Waals surface area contributed by atoms with Crippen LogP contribution in [0.2, 0.25) is 0 Å². The molecule has 2 saturated heterocycles. The van der Waals surface area contributed by atoms with Gasteiger partial charge in [-0.3, -0.25) is 0 Å². The third-order valence-corrected chi connectivity index (χ3v) is 2.64. The van der Waals surface area contributed by atoms with Crippen molar-refractivity contribution in [1.29, 1.82) is 0 Å². The van der Waals surface area contributed by atoms with Crippen LogP contribution in [0.25, 0.3) is 0 Å². The third kappa shape index (κ3) is 2.05. The van der Waals surface area contributed by atoms with Crippen molar-refractivity contribution in [3.63, 3.8) is 0 Å². The van der Waals surface area contributed by atoms with Gasteiger partial charge in [-0.05, 0) is 6.92 Å². The number of hydrogen-bond acceptors (Lipinski definition) is 6. The highest BCUT2D eigenvalue weighted by atomic mass is 16.8. The molecule has 2 aliphatic heterocycles. The maximum absolute atomic E-state index is 5.37. The Morgan fingerprint density at radius 2 is 2.21 bits per heavy atom. The van der Waals surface area contributed by atoms with Gasteiger partial charge >= 0.3 is 0 Å². The maximum Gasteiger partial charge on any atom is 0.184 e. The Balaban J connectivity index is 1.72. The van der Waals surface area contributed by atoms with E-state index in [4.69, 9.17) is 9.47 Å². The topological polar surface area (TPSA) is 52.3 Å². The van der Waals surface area contributed by atoms with Crippen LogP contribution in [0.15, 0.2) is 0 Å². The van der Waals surface area contributed by atoms with E-state index in [2.05, 4.69) is 16.0 Å². The number of rotatable bonds is 4. The summed E-state index contributed by atoms with van der Waals surface area (Å²) >= 11 is 0. The Hall–Kier alpha value is -0.240. The van der Waals surface area contributed by atoms with Gasteiger partial charge in [0.1, 0.15) is 6.10 Å². The van der Waals surface area contributed by atoms with Crippen LogP contribution in [-0.4, -0.2) is 49.4 Å². The first-order valence-electron chi connectivity index (χ1n) is 4.97. The average molecular weight is 202 g/mol. The number of hydrogen-bond donors (Lipinski definition) is 2. The van der Waals surface area contributed by atoms with Crippen LogP contribution in [0.5, 0.6) is 0 Å². The minimum absolute atomic E-state index is 0.0149. The van der Waals surface area contributed by atoms with Crippen molar-refractivity contribution < 1.29 is 9.47 Å². The second kappa shape index (κ2) is 4.09. The lowest BCUT2D eigenvalue weighted by atomic mass is 10.2. The number of nitrogens with zero attached hydrogens (tertiary/aromatic N) is 2. The van der Waals surface area contributed by atoms with Gasteiger partial charge in [0, 0.05) is 27.1 Å². The minimum atomic E-state index is 0.0149. The maximum atomic E-state index is 5.37. The van der Waals surface area contributed by atoms with Crippen molar-refractivity contribution in [2.45, 2.75) is 31.9 Å². The van der Waals surface area contributed by atoms with Gasteiger partial charge in [0.25, 0.3) is 0 Å². The summed E-state index contributed by atoms with van der Waals surface area (Å²) in [6, 6.07) is 0. The second-order valence-corrected chi connectivity index (χ2v) is 3.60. The summed E-state index contributed by atoms with van der Waals surface area (Å²) in [6.07, 6.45) is 1.46. The zero-order chi connectivity index (χ0) is 10.1. The van der Waals surface area contributed by atoms with Crippen molar-refractivity contribution >= 4 is 0 Å². The molecule has 0 aromatic rings. The Kier molecular flexibility index (Phi) is 3.01. The molecule has 2 heterocycles. The highest BCUT2D eigenvalue weighted by Gasteiger charge is 2.43. The number of ether oxygens (including phenoxy) is 2. The molecule has 3 atom stereocenters. The summed E-state index contributed by atoms with van der Waals surface area (Å²) in [4.78, 5) is 0. The molecule has 0 spiro atoms. The summed E-state index contributed by atoms with van der Waals surface area (Å²) < 4.78 is 10.7. The molecule has 0 aromatic carbocycles. The van der Waals surface area contributed by atoms with Crippen LogP contribution in [-0.2, 0) is 9.47 Å². The lowest BCUT2D eigenvalue weighted by Gasteiger charge is -2.21. The Morgan fingerprint density at radius 1 is 1.43 bits per heavy atom. The van der Waals surface area contributed by atoms with E-state index >= 15 is 0 Å². The minimum Gasteiger partial charge on any atom is -0.350 e. The third-order valence-electron chi connectivity index (χ3n) is 2.64. The number of epoxide rings is 1. The summed E-state index contributed by atoms with van der Waals surface area (Å²) in [6.45, 7) is 2.70. The lowest BCUT2D eigenvalue weighted by molar-refractivity contribution is 0.0155. The highest BCUT2D eigenvalue weighted by molar-refractivity contribution is 4.82. The predicted molar refractivity (Wildman–Crippen MR) is 50.5 cm³/mol. The van der Waals surface area contributed by atoms with E-state index in [1.165, 1.54) is 0 Å². The first-order chi connectivity index (χ1) is 6.72. The molecule has 0 radical (unpaired) electrons. The molecule has 2 aliphatic rings. The molecule has 2 unspecified atom stereocenters. The summed E-state index contributed by atoms with van der Waals surface area (Å²) in [7, 11) is 3.98. The van der Waals surface area contributed by atoms with Gasteiger partial charge in [-0.1, -0.05) is 0 Å². The molecule has 0 bridgehead atoms. The van der Waals surface area contributed by atoms with E-state index in [1.54, 1.807) is 0 Å². The van der Waals surface area contributed by atoms with Crippen LogP contribution in [0, 0.1) is 0 Å². The number of nitrogens with one attached hydrogen (secondary N) is 2. The average Bonchev–Trinajstić information content (AvgIpc) is 2.82. The fraction of sp³-hybridized carbons (Fsp3) is 1.00. The molecule has 0 aliphatic carbocycles.